The van der Waals surface area contributed by atoms with Crippen LogP contribution in [-0.2, 0) is 24.6 Å². The van der Waals surface area contributed by atoms with Crippen molar-refractivity contribution in [3.8, 4) is 5.88 Å². The molecule has 2 heterocycles. The molecule has 2 aromatic heterocycles. The monoisotopic (exact) mass is 735 g/mol. The zero-order valence-corrected chi connectivity index (χ0v) is 29.1. The van der Waals surface area contributed by atoms with E-state index in [0.29, 0.717) is 17.9 Å². The summed E-state index contributed by atoms with van der Waals surface area (Å²) >= 11 is 0. The number of carbonyl (C=O) groups excluding carboxylic acids is 2. The SMILES string of the molecule is CC(=O)c1cc2nc(Nc3cc(CNC(=O)CC4CC4)ccc3C(F)(F)F)n(C)c2nc1OCC(F)F.CC(F)(F)F.CCCC1CCCCC1. The summed E-state index contributed by atoms with van der Waals surface area (Å²) < 4.78 is 104. The van der Waals surface area contributed by atoms with Crippen LogP contribution in [0.1, 0.15) is 106 Å². The van der Waals surface area contributed by atoms with Crippen molar-refractivity contribution in [3.63, 3.8) is 0 Å². The van der Waals surface area contributed by atoms with E-state index in [1.165, 1.54) is 81.7 Å². The molecule has 0 spiro atoms. The second-order valence-corrected chi connectivity index (χ2v) is 12.9. The van der Waals surface area contributed by atoms with Crippen molar-refractivity contribution < 1.29 is 49.4 Å². The van der Waals surface area contributed by atoms with Crippen LogP contribution >= 0.6 is 0 Å². The molecular weight excluding hydrogens is 690 g/mol. The van der Waals surface area contributed by atoms with Gasteiger partial charge in [0.2, 0.25) is 17.7 Å². The molecule has 0 bridgehead atoms. The number of ketones is 1. The summed E-state index contributed by atoms with van der Waals surface area (Å²) in [6.45, 7) is 2.75. The fourth-order valence-corrected chi connectivity index (χ4v) is 5.62. The Morgan fingerprint density at radius 3 is 2.18 bits per heavy atom. The Bertz CT molecular complexity index is 1590. The standard InChI is InChI=1S/C24H24F5N5O3.C9H18.C2H3F3/c1-12(35)15-9-18-21(33-22(15)37-11-19(25)26)34(2)23(32-18)31-17-7-14(5-6-16(17)24(27,28)29)10-30-20(36)8-13-3-4-13;1-2-6-9-7-4-3-5-8-9;1-2(3,4)5/h5-7,9,13,19H,3-4,8,10-11H2,1-2H3,(H,30,36)(H,31,32);9H,2-8H2,1H3;1H3. The number of aryl methyl sites for hydroxylation is 1. The molecule has 1 amide bonds. The normalized spacial score (nSPS) is 15.1. The topological polar surface area (TPSA) is 98.1 Å². The molecule has 0 saturated heterocycles. The molecule has 2 saturated carbocycles. The number of rotatable bonds is 12. The summed E-state index contributed by atoms with van der Waals surface area (Å²) in [5.41, 5.74) is -0.645. The van der Waals surface area contributed by atoms with Crippen molar-refractivity contribution in [2.75, 3.05) is 11.9 Å². The van der Waals surface area contributed by atoms with Crippen molar-refractivity contribution in [1.82, 2.24) is 19.9 Å². The Balaban J connectivity index is 0.000000418. The smallest absolute Gasteiger partial charge is 0.418 e. The number of Topliss-reactive ketones (excluding diaryl/α,β-unsaturated/α-hetero) is 1. The molecule has 284 valence electrons. The van der Waals surface area contributed by atoms with Crippen LogP contribution in [0.3, 0.4) is 0 Å². The minimum atomic E-state index is -4.68. The highest BCUT2D eigenvalue weighted by molar-refractivity contribution is 5.99. The van der Waals surface area contributed by atoms with E-state index in [4.69, 9.17) is 4.74 Å². The van der Waals surface area contributed by atoms with E-state index < -0.39 is 36.7 Å². The zero-order valence-electron chi connectivity index (χ0n) is 29.1. The summed E-state index contributed by atoms with van der Waals surface area (Å²) in [7, 11) is 1.46. The van der Waals surface area contributed by atoms with E-state index in [1.807, 2.05) is 0 Å². The molecule has 2 aliphatic carbocycles. The van der Waals surface area contributed by atoms with E-state index in [-0.39, 0.29) is 53.6 Å². The van der Waals surface area contributed by atoms with Crippen LogP contribution in [0.15, 0.2) is 24.3 Å². The van der Waals surface area contributed by atoms with Gasteiger partial charge in [0.25, 0.3) is 6.43 Å². The van der Waals surface area contributed by atoms with E-state index in [9.17, 15) is 44.7 Å². The van der Waals surface area contributed by atoms with E-state index in [1.54, 1.807) is 0 Å². The van der Waals surface area contributed by atoms with Gasteiger partial charge in [0.05, 0.1) is 16.8 Å². The number of halogens is 8. The highest BCUT2D eigenvalue weighted by Crippen LogP contribution is 2.37. The van der Waals surface area contributed by atoms with Crippen molar-refractivity contribution >= 4 is 34.5 Å². The molecule has 0 radical (unpaired) electrons. The van der Waals surface area contributed by atoms with Gasteiger partial charge >= 0.3 is 12.4 Å². The molecular formula is C35H45F8N5O3. The van der Waals surface area contributed by atoms with Gasteiger partial charge in [-0.25, -0.2) is 13.8 Å². The van der Waals surface area contributed by atoms with E-state index in [0.717, 1.165) is 24.8 Å². The maximum atomic E-state index is 13.7. The first-order chi connectivity index (χ1) is 23.8. The molecule has 0 aliphatic heterocycles. The molecule has 2 N–H and O–H groups in total. The number of benzene rings is 1. The summed E-state index contributed by atoms with van der Waals surface area (Å²) in [6.07, 6.45) is 1.35. The molecule has 1 aromatic carbocycles. The number of ether oxygens (including phenoxy) is 1. The Kier molecular flexibility index (Phi) is 15.0. The minimum Gasteiger partial charge on any atom is -0.471 e. The lowest BCUT2D eigenvalue weighted by Gasteiger charge is -2.20. The van der Waals surface area contributed by atoms with Crippen molar-refractivity contribution in [2.24, 2.45) is 18.9 Å². The van der Waals surface area contributed by atoms with E-state index >= 15 is 0 Å². The Morgan fingerprint density at radius 1 is 0.980 bits per heavy atom. The number of anilines is 2. The number of amides is 1. The number of nitrogens with zero attached hydrogens (tertiary/aromatic N) is 3. The third-order valence-corrected chi connectivity index (χ3v) is 8.25. The summed E-state index contributed by atoms with van der Waals surface area (Å²) in [5.74, 6) is 0.446. The number of hydrogen-bond donors (Lipinski definition) is 2. The van der Waals surface area contributed by atoms with Crippen LogP contribution in [0, 0.1) is 11.8 Å². The lowest BCUT2D eigenvalue weighted by Crippen LogP contribution is -2.23. The largest absolute Gasteiger partial charge is 0.471 e. The Labute approximate surface area is 291 Å². The highest BCUT2D eigenvalue weighted by Gasteiger charge is 2.34. The number of pyridine rings is 1. The quantitative estimate of drug-likeness (QED) is 0.142. The van der Waals surface area contributed by atoms with E-state index in [2.05, 4.69) is 27.5 Å². The average molecular weight is 736 g/mol. The number of alkyl halides is 8. The van der Waals surface area contributed by atoms with Gasteiger partial charge < -0.3 is 15.4 Å². The van der Waals surface area contributed by atoms with Crippen LogP contribution < -0.4 is 15.4 Å². The number of nitrogens with one attached hydrogen (secondary N) is 2. The first kappa shape index (κ1) is 41.4. The van der Waals surface area contributed by atoms with Crippen LogP contribution in [0.4, 0.5) is 46.8 Å². The van der Waals surface area contributed by atoms with Crippen LogP contribution in [-0.4, -0.2) is 45.4 Å². The Morgan fingerprint density at radius 2 is 1.63 bits per heavy atom. The van der Waals surface area contributed by atoms with Gasteiger partial charge in [0.15, 0.2) is 18.0 Å². The third-order valence-electron chi connectivity index (χ3n) is 8.25. The Hall–Kier alpha value is -3.98. The van der Waals surface area contributed by atoms with Crippen molar-refractivity contribution in [3.05, 3.63) is 41.0 Å². The number of hydrogen-bond acceptors (Lipinski definition) is 6. The first-order valence-electron chi connectivity index (χ1n) is 17.0. The summed E-state index contributed by atoms with van der Waals surface area (Å²) in [4.78, 5) is 32.3. The fourth-order valence-electron chi connectivity index (χ4n) is 5.62. The summed E-state index contributed by atoms with van der Waals surface area (Å²) in [6, 6.07) is 4.75. The van der Waals surface area contributed by atoms with Crippen LogP contribution in [0.25, 0.3) is 11.2 Å². The average Bonchev–Trinajstić information content (AvgIpc) is 3.80. The number of fused-ring (bicyclic) bond motifs is 1. The lowest BCUT2D eigenvalue weighted by molar-refractivity contribution is -0.137. The van der Waals surface area contributed by atoms with Crippen LogP contribution in [0.5, 0.6) is 5.88 Å². The van der Waals surface area contributed by atoms with Crippen molar-refractivity contribution in [2.45, 2.75) is 110 Å². The second-order valence-electron chi connectivity index (χ2n) is 12.9. The van der Waals surface area contributed by atoms with Gasteiger partial charge in [0.1, 0.15) is 5.52 Å². The molecule has 0 atom stereocenters. The summed E-state index contributed by atoms with van der Waals surface area (Å²) in [5, 5.41) is 5.38. The maximum Gasteiger partial charge on any atom is 0.418 e. The van der Waals surface area contributed by atoms with Gasteiger partial charge in [0, 0.05) is 26.9 Å². The molecule has 3 aromatic rings. The zero-order chi connectivity index (χ0) is 37.9. The predicted molar refractivity (Wildman–Crippen MR) is 177 cm³/mol. The van der Waals surface area contributed by atoms with Gasteiger partial charge in [-0.3, -0.25) is 14.2 Å². The lowest BCUT2D eigenvalue weighted by atomic mass is 9.86. The molecule has 2 fully saturated rings. The van der Waals surface area contributed by atoms with Gasteiger partial charge in [-0.2, -0.15) is 31.3 Å². The van der Waals surface area contributed by atoms with Gasteiger partial charge in [-0.15, -0.1) is 0 Å². The molecule has 51 heavy (non-hydrogen) atoms. The number of carbonyl (C=O) groups is 2. The fraction of sp³-hybridized carbons (Fsp3) is 0.600. The highest BCUT2D eigenvalue weighted by atomic mass is 19.4. The molecule has 2 aliphatic rings. The van der Waals surface area contributed by atoms with Crippen molar-refractivity contribution in [1.29, 1.82) is 0 Å². The van der Waals surface area contributed by atoms with Crippen LogP contribution in [0.2, 0.25) is 0 Å². The minimum absolute atomic E-state index is 0.0385. The first-order valence-corrected chi connectivity index (χ1v) is 17.0. The number of imidazole rings is 1. The molecule has 16 heteroatoms. The third kappa shape index (κ3) is 14.3. The predicted octanol–water partition coefficient (Wildman–Crippen LogP) is 9.93. The molecule has 8 nitrogen and oxygen atoms in total. The maximum absolute atomic E-state index is 13.7. The molecule has 0 unspecified atom stereocenters. The van der Waals surface area contributed by atoms with Gasteiger partial charge in [-0.1, -0.05) is 57.9 Å². The van der Waals surface area contributed by atoms with Gasteiger partial charge in [-0.05, 0) is 55.4 Å². The number of aromatic nitrogens is 3. The molecule has 5 rings (SSSR count). The second kappa shape index (κ2) is 18.5.